The Bertz CT molecular complexity index is 1360. The molecule has 3 aliphatic heterocycles. The van der Waals surface area contributed by atoms with Crippen molar-refractivity contribution in [3.63, 3.8) is 0 Å². The number of nitrogens with zero attached hydrogens (tertiary/aromatic N) is 3. The molecule has 0 radical (unpaired) electrons. The number of carbonyl (C=O) groups is 2. The maximum atomic E-state index is 17.7. The number of halogens is 2. The number of alkyl halides is 1. The first-order chi connectivity index (χ1) is 21.7. The van der Waals surface area contributed by atoms with Crippen LogP contribution in [0.1, 0.15) is 67.9 Å². The first kappa shape index (κ1) is 32.1. The van der Waals surface area contributed by atoms with Gasteiger partial charge in [0, 0.05) is 68.4 Å². The van der Waals surface area contributed by atoms with Gasteiger partial charge in [-0.2, -0.15) is 0 Å². The lowest BCUT2D eigenvalue weighted by molar-refractivity contribution is -0.146. The van der Waals surface area contributed by atoms with E-state index in [2.05, 4.69) is 9.80 Å². The van der Waals surface area contributed by atoms with Gasteiger partial charge in [0.15, 0.2) is 0 Å². The van der Waals surface area contributed by atoms with E-state index in [9.17, 15) is 14.7 Å². The van der Waals surface area contributed by atoms with E-state index in [1.165, 1.54) is 0 Å². The van der Waals surface area contributed by atoms with E-state index in [0.717, 1.165) is 42.5 Å². The number of carboxylic acid groups (broad SMARTS) is 1. The van der Waals surface area contributed by atoms with E-state index in [0.29, 0.717) is 68.9 Å². The molecule has 4 fully saturated rings. The van der Waals surface area contributed by atoms with E-state index < -0.39 is 23.5 Å². The number of carbonyl (C=O) groups excluding carboxylic acids is 1. The number of piperidine rings is 1. The Morgan fingerprint density at radius 3 is 2.38 bits per heavy atom. The monoisotopic (exact) mass is 641 g/mol. The minimum Gasteiger partial charge on any atom is -0.497 e. The molecule has 0 unspecified atom stereocenters. The maximum Gasteiger partial charge on any atom is 0.306 e. The zero-order chi connectivity index (χ0) is 31.7. The molecule has 1 N–H and O–H groups in total. The third kappa shape index (κ3) is 6.41. The Morgan fingerprint density at radius 2 is 1.73 bits per heavy atom. The van der Waals surface area contributed by atoms with Gasteiger partial charge in [-0.05, 0) is 67.5 Å². The number of aliphatic carboxylic acids is 1. The summed E-state index contributed by atoms with van der Waals surface area (Å²) in [5.41, 5.74) is 0.778. The van der Waals surface area contributed by atoms with Crippen LogP contribution in [0.5, 0.6) is 5.75 Å². The lowest BCUT2D eigenvalue weighted by atomic mass is 9.85. The van der Waals surface area contributed by atoms with Crippen LogP contribution in [0.25, 0.3) is 0 Å². The number of carboxylic acids is 1. The van der Waals surface area contributed by atoms with Crippen LogP contribution < -0.4 is 9.64 Å². The van der Waals surface area contributed by atoms with Gasteiger partial charge in [-0.3, -0.25) is 14.5 Å². The maximum absolute atomic E-state index is 17.7. The van der Waals surface area contributed by atoms with Crippen LogP contribution in [0.15, 0.2) is 42.5 Å². The topological polar surface area (TPSA) is 82.5 Å². The molecule has 0 bridgehead atoms. The van der Waals surface area contributed by atoms with Crippen molar-refractivity contribution >= 4 is 29.2 Å². The van der Waals surface area contributed by atoms with Gasteiger partial charge in [0.2, 0.25) is 5.67 Å². The lowest BCUT2D eigenvalue weighted by Gasteiger charge is -2.35. The highest BCUT2D eigenvalue weighted by Crippen LogP contribution is 2.46. The van der Waals surface area contributed by atoms with Gasteiger partial charge in [-0.25, -0.2) is 4.39 Å². The molecule has 3 heterocycles. The van der Waals surface area contributed by atoms with Gasteiger partial charge in [0.25, 0.3) is 5.91 Å². The lowest BCUT2D eigenvalue weighted by Crippen LogP contribution is -2.53. The van der Waals surface area contributed by atoms with Crippen LogP contribution in [0, 0.1) is 5.92 Å². The number of amides is 1. The summed E-state index contributed by atoms with van der Waals surface area (Å²) >= 11 is 6.48. The Kier molecular flexibility index (Phi) is 9.60. The Hall–Kier alpha value is -2.88. The van der Waals surface area contributed by atoms with Crippen LogP contribution in [0.4, 0.5) is 10.1 Å². The van der Waals surface area contributed by atoms with Crippen LogP contribution in [-0.2, 0) is 14.3 Å². The van der Waals surface area contributed by atoms with E-state index >= 15 is 4.39 Å². The minimum absolute atomic E-state index is 0.0334. The van der Waals surface area contributed by atoms with Gasteiger partial charge in [0.1, 0.15) is 5.75 Å². The van der Waals surface area contributed by atoms with Gasteiger partial charge in [-0.1, -0.05) is 42.6 Å². The molecule has 4 atom stereocenters. The molecule has 45 heavy (non-hydrogen) atoms. The third-order valence-electron chi connectivity index (χ3n) is 10.8. The molecule has 2 aromatic carbocycles. The summed E-state index contributed by atoms with van der Waals surface area (Å²) in [4.78, 5) is 32.3. The highest BCUT2D eigenvalue weighted by atomic mass is 35.5. The fraction of sp³-hybridized carbons (Fsp3) is 0.600. The summed E-state index contributed by atoms with van der Waals surface area (Å²) in [6, 6.07) is 13.4. The van der Waals surface area contributed by atoms with Crippen molar-refractivity contribution in [2.24, 2.45) is 5.92 Å². The highest BCUT2D eigenvalue weighted by molar-refractivity contribution is 6.30. The van der Waals surface area contributed by atoms with Gasteiger partial charge < -0.3 is 24.4 Å². The second kappa shape index (κ2) is 13.5. The number of likely N-dealkylation sites (tertiary alicyclic amines) is 2. The Morgan fingerprint density at radius 1 is 1.02 bits per heavy atom. The fourth-order valence-electron chi connectivity index (χ4n) is 8.30. The number of hydrogen-bond acceptors (Lipinski definition) is 6. The molecule has 1 amide bonds. The molecule has 4 aliphatic rings. The molecule has 3 saturated heterocycles. The van der Waals surface area contributed by atoms with E-state index in [1.54, 1.807) is 19.1 Å². The van der Waals surface area contributed by atoms with Gasteiger partial charge >= 0.3 is 5.97 Å². The quantitative estimate of drug-likeness (QED) is 0.375. The smallest absolute Gasteiger partial charge is 0.306 e. The minimum atomic E-state index is -2.07. The van der Waals surface area contributed by atoms with Crippen LogP contribution in [-0.4, -0.2) is 98.1 Å². The number of ether oxygens (including phenoxy) is 2. The second-order valence-electron chi connectivity index (χ2n) is 13.4. The highest BCUT2D eigenvalue weighted by Gasteiger charge is 2.58. The SMILES string of the molecule is COC[C@@H]1C[C@@H](c2ccc(Cl)cc2N2CCC(C(=O)O)CC2)CN1C(=O)[C@]1(F)CN(C2CCCC2)C[C@H]1c1ccc(OC)cc1. The van der Waals surface area contributed by atoms with Gasteiger partial charge in [-0.15, -0.1) is 0 Å². The molecular weight excluding hydrogens is 597 g/mol. The van der Waals surface area contributed by atoms with Crippen molar-refractivity contribution in [2.75, 3.05) is 58.5 Å². The normalized spacial score (nSPS) is 28.2. The van der Waals surface area contributed by atoms with Crippen molar-refractivity contribution in [1.82, 2.24) is 9.80 Å². The van der Waals surface area contributed by atoms with E-state index in [-0.39, 0.29) is 24.4 Å². The molecule has 1 aliphatic carbocycles. The standard InChI is InChI=1S/C35H45ClFN3O5/c1-44-21-28-17-25(30-12-9-26(36)18-32(30)38-15-13-24(14-16-38)33(41)42)19-40(28)34(43)35(37)22-39(27-5-3-4-6-27)20-31(35)23-7-10-29(45-2)11-8-23/h7-12,18,24-25,27-28,31H,3-6,13-17,19-22H2,1-2H3,(H,41,42)/t25-,28+,31+,35+/m1/s1. The fourth-order valence-corrected chi connectivity index (χ4v) is 8.47. The van der Waals surface area contributed by atoms with Crippen molar-refractivity contribution in [1.29, 1.82) is 0 Å². The van der Waals surface area contributed by atoms with Crippen molar-refractivity contribution in [3.05, 3.63) is 58.6 Å². The van der Waals surface area contributed by atoms with Crippen molar-refractivity contribution < 1.29 is 28.6 Å². The molecule has 6 rings (SSSR count). The zero-order valence-corrected chi connectivity index (χ0v) is 27.1. The summed E-state index contributed by atoms with van der Waals surface area (Å²) in [5, 5.41) is 10.1. The van der Waals surface area contributed by atoms with Crippen LogP contribution in [0.2, 0.25) is 5.02 Å². The average molecular weight is 642 g/mol. The van der Waals surface area contributed by atoms with Gasteiger partial charge in [0.05, 0.1) is 25.7 Å². The second-order valence-corrected chi connectivity index (χ2v) is 13.8. The Labute approximate surface area is 270 Å². The molecule has 0 spiro atoms. The summed E-state index contributed by atoms with van der Waals surface area (Å²) in [6.07, 6.45) is 6.15. The van der Waals surface area contributed by atoms with Crippen LogP contribution >= 0.6 is 11.6 Å². The summed E-state index contributed by atoms with van der Waals surface area (Å²) < 4.78 is 28.6. The molecular formula is C35H45ClFN3O5. The molecule has 244 valence electrons. The van der Waals surface area contributed by atoms with E-state index in [4.69, 9.17) is 21.1 Å². The number of rotatable bonds is 9. The largest absolute Gasteiger partial charge is 0.497 e. The van der Waals surface area contributed by atoms with Crippen molar-refractivity contribution in [2.45, 2.75) is 74.5 Å². The first-order valence-corrected chi connectivity index (χ1v) is 16.7. The predicted octanol–water partition coefficient (Wildman–Crippen LogP) is 5.73. The van der Waals surface area contributed by atoms with E-state index in [1.807, 2.05) is 42.5 Å². The molecule has 2 aromatic rings. The van der Waals surface area contributed by atoms with Crippen molar-refractivity contribution in [3.8, 4) is 5.75 Å². The molecule has 1 saturated carbocycles. The molecule has 10 heteroatoms. The predicted molar refractivity (Wildman–Crippen MR) is 172 cm³/mol. The summed E-state index contributed by atoms with van der Waals surface area (Å²) in [6.45, 7) is 2.56. The number of benzene rings is 2. The number of methoxy groups -OCH3 is 2. The van der Waals surface area contributed by atoms with Crippen LogP contribution in [0.3, 0.4) is 0 Å². The number of hydrogen-bond donors (Lipinski definition) is 1. The third-order valence-corrected chi connectivity index (χ3v) is 11.0. The Balaban J connectivity index is 1.28. The summed E-state index contributed by atoms with van der Waals surface area (Å²) in [5.74, 6) is -1.46. The first-order valence-electron chi connectivity index (χ1n) is 16.4. The molecule has 8 nitrogen and oxygen atoms in total. The average Bonchev–Trinajstić information content (AvgIpc) is 3.81. The molecule has 0 aromatic heterocycles. The summed E-state index contributed by atoms with van der Waals surface area (Å²) in [7, 11) is 3.23. The number of anilines is 1. The zero-order valence-electron chi connectivity index (χ0n) is 26.3.